The Kier molecular flexibility index (Phi) is 7.57. The van der Waals surface area contributed by atoms with Crippen molar-refractivity contribution in [3.8, 4) is 0 Å². The third kappa shape index (κ3) is 5.52. The molecule has 4 heteroatoms. The summed E-state index contributed by atoms with van der Waals surface area (Å²) in [6.45, 7) is 12.3. The second kappa shape index (κ2) is 9.51. The summed E-state index contributed by atoms with van der Waals surface area (Å²) in [5.41, 5.74) is 2.65. The van der Waals surface area contributed by atoms with Crippen LogP contribution in [-0.4, -0.2) is 44.3 Å². The third-order valence-electron chi connectivity index (χ3n) is 8.60. The van der Waals surface area contributed by atoms with Crippen LogP contribution in [0.25, 0.3) is 0 Å². The van der Waals surface area contributed by atoms with Gasteiger partial charge in [0.1, 0.15) is 0 Å². The van der Waals surface area contributed by atoms with Gasteiger partial charge in [0.05, 0.1) is 23.9 Å². The van der Waals surface area contributed by atoms with E-state index < -0.39 is 17.8 Å². The molecule has 0 spiro atoms. The Balaban J connectivity index is 1.74. The molecule has 176 valence electrons. The molecule has 7 atom stereocenters. The lowest BCUT2D eigenvalue weighted by Crippen LogP contribution is -2.39. The van der Waals surface area contributed by atoms with Gasteiger partial charge in [-0.15, -0.1) is 0 Å². The van der Waals surface area contributed by atoms with Gasteiger partial charge in [0, 0.05) is 6.42 Å². The summed E-state index contributed by atoms with van der Waals surface area (Å²) < 4.78 is 0. The van der Waals surface area contributed by atoms with Gasteiger partial charge in [0.25, 0.3) is 0 Å². The Morgan fingerprint density at radius 2 is 1.94 bits per heavy atom. The van der Waals surface area contributed by atoms with Crippen molar-refractivity contribution >= 4 is 0 Å². The van der Waals surface area contributed by atoms with Gasteiger partial charge >= 0.3 is 0 Å². The highest BCUT2D eigenvalue weighted by atomic mass is 16.3. The van der Waals surface area contributed by atoms with Crippen LogP contribution in [0.5, 0.6) is 0 Å². The Bertz CT molecular complexity index is 715. The van der Waals surface area contributed by atoms with Gasteiger partial charge in [-0.2, -0.15) is 0 Å². The van der Waals surface area contributed by atoms with Crippen molar-refractivity contribution in [1.29, 1.82) is 0 Å². The van der Waals surface area contributed by atoms with Crippen molar-refractivity contribution in [3.05, 3.63) is 35.5 Å². The lowest BCUT2D eigenvalue weighted by molar-refractivity contribution is -0.00259. The molecule has 0 aromatic heterocycles. The van der Waals surface area contributed by atoms with Gasteiger partial charge in [-0.05, 0) is 99.5 Å². The summed E-state index contributed by atoms with van der Waals surface area (Å²) in [7, 11) is 0. The minimum Gasteiger partial charge on any atom is -0.393 e. The number of hydrogen-bond donors (Lipinski definition) is 4. The van der Waals surface area contributed by atoms with Crippen molar-refractivity contribution in [2.24, 2.45) is 23.2 Å². The first kappa shape index (κ1) is 24.7. The highest BCUT2D eigenvalue weighted by Gasteiger charge is 2.51. The standard InChI is InChI=1S/C27H44O4/c1-17-20(15-21(28)16-25(17)30)9-8-19-7-6-13-27(5)22(10-11-23(19)27)18(2)24(29)12-14-26(3,4)31/h8-9,18,21-25,28-31H,1,6-7,10-16H2,2-5H3/b19-8?,20-9-/t18-,21+,22+,23?,24?,25-,27+/m0/s1. The molecule has 0 amide bonds. The fourth-order valence-electron chi connectivity index (χ4n) is 6.64. The van der Waals surface area contributed by atoms with Crippen LogP contribution in [0.2, 0.25) is 0 Å². The normalized spacial score (nSPS) is 39.0. The van der Waals surface area contributed by atoms with Crippen molar-refractivity contribution in [3.63, 3.8) is 0 Å². The average molecular weight is 433 g/mol. The summed E-state index contributed by atoms with van der Waals surface area (Å²) in [5, 5.41) is 41.1. The van der Waals surface area contributed by atoms with E-state index in [9.17, 15) is 20.4 Å². The van der Waals surface area contributed by atoms with Gasteiger partial charge in [-0.3, -0.25) is 0 Å². The fraction of sp³-hybridized carbons (Fsp3) is 0.778. The van der Waals surface area contributed by atoms with Crippen LogP contribution in [0, 0.1) is 23.2 Å². The van der Waals surface area contributed by atoms with Crippen molar-refractivity contribution < 1.29 is 20.4 Å². The van der Waals surface area contributed by atoms with E-state index in [1.807, 2.05) is 13.8 Å². The molecule has 0 aliphatic heterocycles. The molecule has 3 rings (SSSR count). The summed E-state index contributed by atoms with van der Waals surface area (Å²) >= 11 is 0. The van der Waals surface area contributed by atoms with Crippen LogP contribution < -0.4 is 0 Å². The average Bonchev–Trinajstić information content (AvgIpc) is 3.04. The first-order valence-corrected chi connectivity index (χ1v) is 12.3. The molecule has 31 heavy (non-hydrogen) atoms. The van der Waals surface area contributed by atoms with E-state index in [0.717, 1.165) is 36.8 Å². The van der Waals surface area contributed by atoms with E-state index in [-0.39, 0.29) is 17.4 Å². The van der Waals surface area contributed by atoms with Crippen LogP contribution in [0.1, 0.15) is 85.5 Å². The van der Waals surface area contributed by atoms with Crippen LogP contribution in [0.3, 0.4) is 0 Å². The number of fused-ring (bicyclic) bond motifs is 1. The van der Waals surface area contributed by atoms with Crippen molar-refractivity contribution in [2.45, 2.75) is 109 Å². The Hall–Kier alpha value is -0.940. The molecular weight excluding hydrogens is 388 g/mol. The molecule has 3 fully saturated rings. The van der Waals surface area contributed by atoms with E-state index in [1.54, 1.807) is 0 Å². The van der Waals surface area contributed by atoms with E-state index >= 15 is 0 Å². The largest absolute Gasteiger partial charge is 0.393 e. The zero-order valence-electron chi connectivity index (χ0n) is 20.0. The summed E-state index contributed by atoms with van der Waals surface area (Å²) in [6.07, 6.45) is 10.8. The van der Waals surface area contributed by atoms with Gasteiger partial charge in [-0.25, -0.2) is 0 Å². The van der Waals surface area contributed by atoms with E-state index in [0.29, 0.717) is 37.5 Å². The lowest BCUT2D eigenvalue weighted by atomic mass is 9.60. The van der Waals surface area contributed by atoms with Gasteiger partial charge in [-0.1, -0.05) is 38.2 Å². The van der Waals surface area contributed by atoms with Crippen molar-refractivity contribution in [1.82, 2.24) is 0 Å². The fourth-order valence-corrected chi connectivity index (χ4v) is 6.64. The van der Waals surface area contributed by atoms with Crippen LogP contribution >= 0.6 is 0 Å². The predicted molar refractivity (Wildman–Crippen MR) is 125 cm³/mol. The molecule has 4 N–H and O–H groups in total. The summed E-state index contributed by atoms with van der Waals surface area (Å²) in [6, 6.07) is 0. The van der Waals surface area contributed by atoms with E-state index in [1.165, 1.54) is 12.0 Å². The Labute approximate surface area is 188 Å². The van der Waals surface area contributed by atoms with Gasteiger partial charge in [0.2, 0.25) is 0 Å². The smallest absolute Gasteiger partial charge is 0.0811 e. The molecule has 0 heterocycles. The molecule has 0 bridgehead atoms. The second-order valence-corrected chi connectivity index (χ2v) is 11.4. The third-order valence-corrected chi connectivity index (χ3v) is 8.60. The maximum absolute atomic E-state index is 10.9. The van der Waals surface area contributed by atoms with Crippen LogP contribution in [-0.2, 0) is 0 Å². The minimum absolute atomic E-state index is 0.195. The number of aliphatic hydroxyl groups excluding tert-OH is 3. The van der Waals surface area contributed by atoms with Crippen LogP contribution in [0.15, 0.2) is 35.5 Å². The molecule has 0 radical (unpaired) electrons. The number of aliphatic hydroxyl groups is 4. The quantitative estimate of drug-likeness (QED) is 0.491. The Morgan fingerprint density at radius 3 is 2.61 bits per heavy atom. The zero-order chi connectivity index (χ0) is 23.0. The lowest BCUT2D eigenvalue weighted by Gasteiger charge is -2.45. The topological polar surface area (TPSA) is 80.9 Å². The predicted octanol–water partition coefficient (Wildman–Crippen LogP) is 4.68. The van der Waals surface area contributed by atoms with Gasteiger partial charge < -0.3 is 20.4 Å². The molecule has 0 saturated heterocycles. The minimum atomic E-state index is -0.735. The Morgan fingerprint density at radius 1 is 1.23 bits per heavy atom. The van der Waals surface area contributed by atoms with Gasteiger partial charge in [0.15, 0.2) is 0 Å². The molecule has 3 aliphatic rings. The monoisotopic (exact) mass is 432 g/mol. The maximum atomic E-state index is 10.9. The zero-order valence-corrected chi connectivity index (χ0v) is 20.0. The SMILES string of the molecule is C=C1/C(=C\C=C2CCC[C@@]3(C)C2CC[C@@H]3[C@H](C)C(O)CCC(C)(C)O)C[C@@H](O)C[C@@H]1O. The molecule has 0 aromatic rings. The first-order chi connectivity index (χ1) is 14.4. The first-order valence-electron chi connectivity index (χ1n) is 12.3. The van der Waals surface area contributed by atoms with E-state index in [4.69, 9.17) is 0 Å². The second-order valence-electron chi connectivity index (χ2n) is 11.4. The summed E-state index contributed by atoms with van der Waals surface area (Å²) in [5.74, 6) is 1.23. The highest BCUT2D eigenvalue weighted by molar-refractivity contribution is 5.38. The number of rotatable bonds is 6. The molecule has 0 aromatic carbocycles. The molecule has 4 nitrogen and oxygen atoms in total. The molecular formula is C27H44O4. The molecule has 2 unspecified atom stereocenters. The molecule has 3 saturated carbocycles. The number of allylic oxidation sites excluding steroid dienone is 3. The molecule has 3 aliphatic carbocycles. The maximum Gasteiger partial charge on any atom is 0.0811 e. The summed E-state index contributed by atoms with van der Waals surface area (Å²) in [4.78, 5) is 0. The van der Waals surface area contributed by atoms with Crippen LogP contribution in [0.4, 0.5) is 0 Å². The number of hydrogen-bond acceptors (Lipinski definition) is 4. The van der Waals surface area contributed by atoms with E-state index in [2.05, 4.69) is 32.6 Å². The highest BCUT2D eigenvalue weighted by Crippen LogP contribution is 2.60. The van der Waals surface area contributed by atoms with Crippen molar-refractivity contribution in [2.75, 3.05) is 0 Å².